The van der Waals surface area contributed by atoms with Crippen LogP contribution in [0.5, 0.6) is 5.75 Å². The topological polar surface area (TPSA) is 70.0 Å². The Morgan fingerprint density at radius 3 is 2.65 bits per heavy atom. The van der Waals surface area contributed by atoms with Crippen molar-refractivity contribution < 1.29 is 19.7 Å². The fourth-order valence-electron chi connectivity index (χ4n) is 2.52. The number of benzene rings is 1. The van der Waals surface area contributed by atoms with Gasteiger partial charge < -0.3 is 19.8 Å². The molecule has 1 fully saturated rings. The van der Waals surface area contributed by atoms with Crippen LogP contribution in [0, 0.1) is 6.92 Å². The third-order valence-electron chi connectivity index (χ3n) is 3.74. The van der Waals surface area contributed by atoms with Gasteiger partial charge in [-0.1, -0.05) is 0 Å². The number of carbonyl (C=O) groups is 1. The maximum atomic E-state index is 12.4. The molecule has 20 heavy (non-hydrogen) atoms. The number of likely N-dealkylation sites (N-methyl/N-ethyl adjacent to an activating group) is 1. The summed E-state index contributed by atoms with van der Waals surface area (Å²) in [5, 5.41) is 19.8. The van der Waals surface area contributed by atoms with E-state index in [4.69, 9.17) is 4.74 Å². The van der Waals surface area contributed by atoms with Crippen molar-refractivity contribution in [3.8, 4) is 5.75 Å². The highest BCUT2D eigenvalue weighted by molar-refractivity contribution is 5.95. The fraction of sp³-hybridized carbons (Fsp3) is 0.533. The van der Waals surface area contributed by atoms with Gasteiger partial charge in [-0.2, -0.15) is 0 Å². The van der Waals surface area contributed by atoms with Crippen LogP contribution in [0.25, 0.3) is 0 Å². The van der Waals surface area contributed by atoms with E-state index < -0.39 is 5.60 Å². The summed E-state index contributed by atoms with van der Waals surface area (Å²) in [7, 11) is 1.68. The average Bonchev–Trinajstić information content (AvgIpc) is 2.38. The van der Waals surface area contributed by atoms with Crippen molar-refractivity contribution in [1.82, 2.24) is 4.90 Å². The summed E-state index contributed by atoms with van der Waals surface area (Å²) in [5.74, 6) is -0.00724. The summed E-state index contributed by atoms with van der Waals surface area (Å²) in [6.45, 7) is 3.12. The Kier molecular flexibility index (Phi) is 4.30. The highest BCUT2D eigenvalue weighted by Gasteiger charge is 2.32. The van der Waals surface area contributed by atoms with Gasteiger partial charge in [0.05, 0.1) is 5.60 Å². The Labute approximate surface area is 118 Å². The molecule has 1 aromatic rings. The number of hydrogen-bond donors (Lipinski definition) is 2. The maximum absolute atomic E-state index is 12.4. The molecule has 2 rings (SSSR count). The Morgan fingerprint density at radius 2 is 2.05 bits per heavy atom. The molecule has 5 nitrogen and oxygen atoms in total. The molecule has 0 unspecified atom stereocenters. The summed E-state index contributed by atoms with van der Waals surface area (Å²) in [6, 6.07) is 4.67. The minimum atomic E-state index is -0.868. The fourth-order valence-corrected chi connectivity index (χ4v) is 2.52. The largest absolute Gasteiger partial charge is 0.508 e. The van der Waals surface area contributed by atoms with Gasteiger partial charge in [-0.3, -0.25) is 4.79 Å². The number of aryl methyl sites for hydroxylation is 1. The first-order chi connectivity index (χ1) is 9.41. The zero-order valence-electron chi connectivity index (χ0n) is 11.9. The lowest BCUT2D eigenvalue weighted by Gasteiger charge is -2.35. The second kappa shape index (κ2) is 5.81. The molecular weight excluding hydrogens is 258 g/mol. The predicted octanol–water partition coefficient (Wildman–Crippen LogP) is 1.31. The van der Waals surface area contributed by atoms with Crippen LogP contribution in [0.1, 0.15) is 28.8 Å². The SMILES string of the molecule is Cc1cc(O)ccc1C(=O)N(C)CC1(O)CCOCC1. The summed E-state index contributed by atoms with van der Waals surface area (Å²) in [4.78, 5) is 13.9. The van der Waals surface area contributed by atoms with Crippen molar-refractivity contribution >= 4 is 5.91 Å². The van der Waals surface area contributed by atoms with Gasteiger partial charge in [0.2, 0.25) is 0 Å². The van der Waals surface area contributed by atoms with Crippen LogP contribution in [-0.4, -0.2) is 53.4 Å². The smallest absolute Gasteiger partial charge is 0.253 e. The molecule has 1 aliphatic heterocycles. The van der Waals surface area contributed by atoms with Gasteiger partial charge in [-0.05, 0) is 30.7 Å². The van der Waals surface area contributed by atoms with Crippen molar-refractivity contribution in [1.29, 1.82) is 0 Å². The van der Waals surface area contributed by atoms with Crippen LogP contribution >= 0.6 is 0 Å². The number of amides is 1. The number of ether oxygens (including phenoxy) is 1. The molecule has 1 aliphatic rings. The second-order valence-corrected chi connectivity index (χ2v) is 5.50. The highest BCUT2D eigenvalue weighted by atomic mass is 16.5. The lowest BCUT2D eigenvalue weighted by atomic mass is 9.93. The molecule has 0 aromatic heterocycles. The first kappa shape index (κ1) is 14.8. The lowest BCUT2D eigenvalue weighted by Crippen LogP contribution is -2.47. The summed E-state index contributed by atoms with van der Waals surface area (Å²) >= 11 is 0. The number of aliphatic hydroxyl groups is 1. The Balaban J connectivity index is 2.08. The molecular formula is C15H21NO4. The molecule has 0 radical (unpaired) electrons. The van der Waals surface area contributed by atoms with Gasteiger partial charge in [0.25, 0.3) is 5.91 Å². The van der Waals surface area contributed by atoms with Crippen LogP contribution in [-0.2, 0) is 4.74 Å². The van der Waals surface area contributed by atoms with Crippen molar-refractivity contribution in [3.05, 3.63) is 29.3 Å². The highest BCUT2D eigenvalue weighted by Crippen LogP contribution is 2.23. The molecule has 5 heteroatoms. The quantitative estimate of drug-likeness (QED) is 0.875. The Morgan fingerprint density at radius 1 is 1.40 bits per heavy atom. The van der Waals surface area contributed by atoms with E-state index in [1.54, 1.807) is 26.1 Å². The van der Waals surface area contributed by atoms with E-state index in [-0.39, 0.29) is 18.2 Å². The van der Waals surface area contributed by atoms with Gasteiger partial charge in [0.15, 0.2) is 0 Å². The number of nitrogens with zero attached hydrogens (tertiary/aromatic N) is 1. The van der Waals surface area contributed by atoms with Crippen LogP contribution in [0.15, 0.2) is 18.2 Å². The molecule has 1 heterocycles. The normalized spacial score (nSPS) is 17.8. The third-order valence-corrected chi connectivity index (χ3v) is 3.74. The zero-order chi connectivity index (χ0) is 14.8. The monoisotopic (exact) mass is 279 g/mol. The minimum Gasteiger partial charge on any atom is -0.508 e. The van der Waals surface area contributed by atoms with E-state index >= 15 is 0 Å². The standard InChI is InChI=1S/C15H21NO4/c1-11-9-12(17)3-4-13(11)14(18)16(2)10-15(19)5-7-20-8-6-15/h3-4,9,17,19H,5-8,10H2,1-2H3. The van der Waals surface area contributed by atoms with Crippen LogP contribution < -0.4 is 0 Å². The van der Waals surface area contributed by atoms with Gasteiger partial charge in [0, 0.05) is 45.2 Å². The molecule has 0 aliphatic carbocycles. The molecule has 110 valence electrons. The number of aromatic hydroxyl groups is 1. The van der Waals surface area contributed by atoms with E-state index in [9.17, 15) is 15.0 Å². The van der Waals surface area contributed by atoms with Crippen molar-refractivity contribution in [2.24, 2.45) is 0 Å². The van der Waals surface area contributed by atoms with Crippen molar-refractivity contribution in [2.75, 3.05) is 26.8 Å². The number of rotatable bonds is 3. The molecule has 0 spiro atoms. The molecule has 0 atom stereocenters. The number of carbonyl (C=O) groups excluding carboxylic acids is 1. The van der Waals surface area contributed by atoms with Crippen molar-refractivity contribution in [3.63, 3.8) is 0 Å². The molecule has 1 amide bonds. The molecule has 2 N–H and O–H groups in total. The van der Waals surface area contributed by atoms with E-state index in [0.29, 0.717) is 31.6 Å². The van der Waals surface area contributed by atoms with Crippen LogP contribution in [0.3, 0.4) is 0 Å². The van der Waals surface area contributed by atoms with Gasteiger partial charge >= 0.3 is 0 Å². The summed E-state index contributed by atoms with van der Waals surface area (Å²) in [6.07, 6.45) is 1.08. The van der Waals surface area contributed by atoms with Gasteiger partial charge in [-0.25, -0.2) is 0 Å². The minimum absolute atomic E-state index is 0.143. The number of phenols is 1. The summed E-state index contributed by atoms with van der Waals surface area (Å²) in [5.41, 5.74) is 0.398. The molecule has 1 saturated heterocycles. The van der Waals surface area contributed by atoms with E-state index in [2.05, 4.69) is 0 Å². The lowest BCUT2D eigenvalue weighted by molar-refractivity contribution is -0.0734. The van der Waals surface area contributed by atoms with E-state index in [1.807, 2.05) is 0 Å². The molecule has 0 bridgehead atoms. The predicted molar refractivity (Wildman–Crippen MR) is 74.8 cm³/mol. The maximum Gasteiger partial charge on any atom is 0.253 e. The molecule has 1 aromatic carbocycles. The van der Waals surface area contributed by atoms with Crippen molar-refractivity contribution in [2.45, 2.75) is 25.4 Å². The summed E-state index contributed by atoms with van der Waals surface area (Å²) < 4.78 is 5.23. The van der Waals surface area contributed by atoms with Crippen LogP contribution in [0.4, 0.5) is 0 Å². The Hall–Kier alpha value is -1.59. The first-order valence-electron chi connectivity index (χ1n) is 6.76. The Bertz CT molecular complexity index is 495. The second-order valence-electron chi connectivity index (χ2n) is 5.50. The number of hydrogen-bond acceptors (Lipinski definition) is 4. The number of phenolic OH excluding ortho intramolecular Hbond substituents is 1. The van der Waals surface area contributed by atoms with Crippen LogP contribution in [0.2, 0.25) is 0 Å². The van der Waals surface area contributed by atoms with E-state index in [0.717, 1.165) is 5.56 Å². The average molecular weight is 279 g/mol. The zero-order valence-corrected chi connectivity index (χ0v) is 11.9. The van der Waals surface area contributed by atoms with E-state index in [1.165, 1.54) is 11.0 Å². The first-order valence-corrected chi connectivity index (χ1v) is 6.76. The van der Waals surface area contributed by atoms with Gasteiger partial charge in [-0.15, -0.1) is 0 Å². The van der Waals surface area contributed by atoms with Gasteiger partial charge in [0.1, 0.15) is 5.75 Å². The molecule has 0 saturated carbocycles. The third kappa shape index (κ3) is 3.29.